The summed E-state index contributed by atoms with van der Waals surface area (Å²) in [6.07, 6.45) is 2.93. The van der Waals surface area contributed by atoms with E-state index in [0.29, 0.717) is 11.6 Å². The number of anilines is 3. The molecule has 1 amide bonds. The molecule has 0 fully saturated rings. The van der Waals surface area contributed by atoms with Crippen LogP contribution in [-0.2, 0) is 27.9 Å². The van der Waals surface area contributed by atoms with Crippen molar-refractivity contribution in [1.29, 1.82) is 0 Å². The van der Waals surface area contributed by atoms with E-state index in [2.05, 4.69) is 22.2 Å². The van der Waals surface area contributed by atoms with E-state index in [4.69, 9.17) is 4.42 Å². The second kappa shape index (κ2) is 8.19. The second-order valence-corrected chi connectivity index (χ2v) is 9.53. The molecular formula is C24H20N4O4S. The first kappa shape index (κ1) is 20.9. The summed E-state index contributed by atoms with van der Waals surface area (Å²) in [5.41, 5.74) is 1.45. The number of hydrogen-bond acceptors (Lipinski definition) is 6. The van der Waals surface area contributed by atoms with Gasteiger partial charge in [0.05, 0.1) is 11.4 Å². The number of fused-ring (bicyclic) bond motifs is 2. The van der Waals surface area contributed by atoms with Crippen molar-refractivity contribution in [1.82, 2.24) is 9.29 Å². The van der Waals surface area contributed by atoms with Crippen LogP contribution in [0.1, 0.15) is 11.3 Å². The molecule has 9 heteroatoms. The predicted octanol–water partition coefficient (Wildman–Crippen LogP) is 4.40. The highest BCUT2D eigenvalue weighted by atomic mass is 32.2. The Morgan fingerprint density at radius 1 is 1.06 bits per heavy atom. The SMILES string of the molecule is C=CC(=O)Nc1cc2c(o1)CN(S(=O)(=O)c1ccc(Nc3cc4ccccc4cn3)cc1)C2. The molecule has 2 N–H and O–H groups in total. The van der Waals surface area contributed by atoms with Gasteiger partial charge < -0.3 is 9.73 Å². The van der Waals surface area contributed by atoms with E-state index in [-0.39, 0.29) is 29.8 Å². The average molecular weight is 461 g/mol. The van der Waals surface area contributed by atoms with Gasteiger partial charge in [-0.05, 0) is 41.8 Å². The zero-order chi connectivity index (χ0) is 23.0. The maximum atomic E-state index is 13.1. The lowest BCUT2D eigenvalue weighted by atomic mass is 10.2. The van der Waals surface area contributed by atoms with Crippen molar-refractivity contribution in [2.75, 3.05) is 10.6 Å². The monoisotopic (exact) mass is 460 g/mol. The molecular weight excluding hydrogens is 440 g/mol. The minimum atomic E-state index is -3.71. The Kier molecular flexibility index (Phi) is 5.20. The van der Waals surface area contributed by atoms with E-state index in [1.807, 2.05) is 30.3 Å². The van der Waals surface area contributed by atoms with Crippen LogP contribution in [0.3, 0.4) is 0 Å². The summed E-state index contributed by atoms with van der Waals surface area (Å²) >= 11 is 0. The molecule has 0 radical (unpaired) electrons. The fourth-order valence-electron chi connectivity index (χ4n) is 3.70. The van der Waals surface area contributed by atoms with Crippen LogP contribution in [0.25, 0.3) is 10.8 Å². The number of pyridine rings is 1. The van der Waals surface area contributed by atoms with Crippen molar-refractivity contribution in [3.8, 4) is 0 Å². The van der Waals surface area contributed by atoms with Crippen LogP contribution in [0.2, 0.25) is 0 Å². The molecule has 5 rings (SSSR count). The molecule has 2 aromatic carbocycles. The van der Waals surface area contributed by atoms with Crippen LogP contribution in [0.15, 0.2) is 88.8 Å². The number of furan rings is 1. The van der Waals surface area contributed by atoms with Crippen molar-refractivity contribution < 1.29 is 17.6 Å². The Hall–Kier alpha value is -3.95. The van der Waals surface area contributed by atoms with Gasteiger partial charge in [-0.3, -0.25) is 10.1 Å². The molecule has 2 aromatic heterocycles. The standard InChI is InChI=1S/C24H20N4O4S/c1-2-23(29)27-24-12-18-14-28(15-21(18)32-24)33(30,31)20-9-7-19(8-10-20)26-22-11-16-5-3-4-6-17(16)13-25-22/h2-13H,1,14-15H2,(H,25,26)(H,27,29). The molecule has 166 valence electrons. The molecule has 0 saturated heterocycles. The topological polar surface area (TPSA) is 105 Å². The molecule has 0 spiro atoms. The molecule has 0 saturated carbocycles. The summed E-state index contributed by atoms with van der Waals surface area (Å²) in [7, 11) is -3.71. The molecule has 4 aromatic rings. The zero-order valence-electron chi connectivity index (χ0n) is 17.5. The van der Waals surface area contributed by atoms with E-state index < -0.39 is 10.0 Å². The third-order valence-corrected chi connectivity index (χ3v) is 7.20. The number of nitrogens with zero attached hydrogens (tertiary/aromatic N) is 2. The Labute approximate surface area is 190 Å². The molecule has 0 unspecified atom stereocenters. The summed E-state index contributed by atoms with van der Waals surface area (Å²) in [5, 5.41) is 7.85. The Morgan fingerprint density at radius 2 is 1.82 bits per heavy atom. The minimum absolute atomic E-state index is 0.0998. The van der Waals surface area contributed by atoms with Crippen molar-refractivity contribution in [2.24, 2.45) is 0 Å². The third kappa shape index (κ3) is 4.11. The van der Waals surface area contributed by atoms with Crippen LogP contribution < -0.4 is 10.6 Å². The normalized spacial score (nSPS) is 13.6. The summed E-state index contributed by atoms with van der Waals surface area (Å²) in [4.78, 5) is 16.0. The maximum absolute atomic E-state index is 13.1. The number of hydrogen-bond donors (Lipinski definition) is 2. The fourth-order valence-corrected chi connectivity index (χ4v) is 5.08. The lowest BCUT2D eigenvalue weighted by Crippen LogP contribution is -2.25. The Balaban J connectivity index is 1.29. The zero-order valence-corrected chi connectivity index (χ0v) is 18.3. The first-order chi connectivity index (χ1) is 15.9. The van der Waals surface area contributed by atoms with E-state index in [1.54, 1.807) is 36.5 Å². The van der Waals surface area contributed by atoms with E-state index >= 15 is 0 Å². The number of nitrogens with one attached hydrogen (secondary N) is 2. The largest absolute Gasteiger partial charge is 0.444 e. The summed E-state index contributed by atoms with van der Waals surface area (Å²) in [6, 6.07) is 18.1. The summed E-state index contributed by atoms with van der Waals surface area (Å²) in [6.45, 7) is 3.66. The second-order valence-electron chi connectivity index (χ2n) is 7.59. The molecule has 1 aliphatic rings. The number of carbonyl (C=O) groups is 1. The number of sulfonamides is 1. The highest BCUT2D eigenvalue weighted by Crippen LogP contribution is 2.33. The lowest BCUT2D eigenvalue weighted by molar-refractivity contribution is -0.112. The molecule has 3 heterocycles. The first-order valence-corrected chi connectivity index (χ1v) is 11.6. The van der Waals surface area contributed by atoms with Crippen LogP contribution in [-0.4, -0.2) is 23.6 Å². The van der Waals surface area contributed by atoms with E-state index in [1.165, 1.54) is 4.31 Å². The van der Waals surface area contributed by atoms with Crippen molar-refractivity contribution in [3.63, 3.8) is 0 Å². The number of aromatic nitrogens is 1. The quantitative estimate of drug-likeness (QED) is 0.413. The highest BCUT2D eigenvalue weighted by Gasteiger charge is 2.33. The van der Waals surface area contributed by atoms with Crippen molar-refractivity contribution in [2.45, 2.75) is 18.0 Å². The van der Waals surface area contributed by atoms with Crippen molar-refractivity contribution in [3.05, 3.63) is 90.8 Å². The van der Waals surface area contributed by atoms with E-state index in [9.17, 15) is 13.2 Å². The molecule has 0 bridgehead atoms. The van der Waals surface area contributed by atoms with Gasteiger partial charge in [0.25, 0.3) is 0 Å². The van der Waals surface area contributed by atoms with Crippen LogP contribution in [0.4, 0.5) is 17.4 Å². The maximum Gasteiger partial charge on any atom is 0.250 e. The highest BCUT2D eigenvalue weighted by molar-refractivity contribution is 7.89. The number of carbonyl (C=O) groups excluding carboxylic acids is 1. The number of rotatable bonds is 6. The Bertz CT molecular complexity index is 1450. The van der Waals surface area contributed by atoms with Crippen LogP contribution in [0.5, 0.6) is 0 Å². The average Bonchev–Trinajstić information content (AvgIpc) is 3.38. The van der Waals surface area contributed by atoms with Gasteiger partial charge >= 0.3 is 0 Å². The van der Waals surface area contributed by atoms with Gasteiger partial charge in [0, 0.05) is 35.4 Å². The Morgan fingerprint density at radius 3 is 2.55 bits per heavy atom. The van der Waals surface area contributed by atoms with Gasteiger partial charge in [0.1, 0.15) is 11.6 Å². The van der Waals surface area contributed by atoms with Crippen LogP contribution in [0, 0.1) is 0 Å². The van der Waals surface area contributed by atoms with Gasteiger partial charge in [-0.15, -0.1) is 0 Å². The number of amides is 1. The van der Waals surface area contributed by atoms with Gasteiger partial charge in [0.2, 0.25) is 15.9 Å². The van der Waals surface area contributed by atoms with Gasteiger partial charge in [-0.1, -0.05) is 30.8 Å². The van der Waals surface area contributed by atoms with Gasteiger partial charge in [-0.25, -0.2) is 13.4 Å². The number of benzene rings is 2. The fraction of sp³-hybridized carbons (Fsp3) is 0.0833. The first-order valence-electron chi connectivity index (χ1n) is 10.2. The smallest absolute Gasteiger partial charge is 0.250 e. The third-order valence-electron chi connectivity index (χ3n) is 5.39. The van der Waals surface area contributed by atoms with Gasteiger partial charge in [-0.2, -0.15) is 4.31 Å². The molecule has 0 atom stereocenters. The molecule has 33 heavy (non-hydrogen) atoms. The van der Waals surface area contributed by atoms with Crippen LogP contribution >= 0.6 is 0 Å². The van der Waals surface area contributed by atoms with Gasteiger partial charge in [0.15, 0.2) is 5.88 Å². The summed E-state index contributed by atoms with van der Waals surface area (Å²) in [5.74, 6) is 1.07. The minimum Gasteiger partial charge on any atom is -0.444 e. The predicted molar refractivity (Wildman–Crippen MR) is 125 cm³/mol. The molecule has 1 aliphatic heterocycles. The molecule has 8 nitrogen and oxygen atoms in total. The molecule has 0 aliphatic carbocycles. The van der Waals surface area contributed by atoms with Crippen molar-refractivity contribution >= 4 is 44.1 Å². The lowest BCUT2D eigenvalue weighted by Gasteiger charge is -2.16. The van der Waals surface area contributed by atoms with E-state index in [0.717, 1.165) is 28.1 Å². The summed E-state index contributed by atoms with van der Waals surface area (Å²) < 4.78 is 33.1.